The first kappa shape index (κ1) is 21.5. The lowest BCUT2D eigenvalue weighted by molar-refractivity contribution is -0.116. The Morgan fingerprint density at radius 2 is 2.00 bits per heavy atom. The number of benzene rings is 2. The predicted octanol–water partition coefficient (Wildman–Crippen LogP) is 3.95. The molecule has 0 fully saturated rings. The van der Waals surface area contributed by atoms with E-state index < -0.39 is 0 Å². The minimum absolute atomic E-state index is 0.0351. The number of halogens is 1. The van der Waals surface area contributed by atoms with E-state index in [1.54, 1.807) is 28.7 Å². The first-order valence-electron chi connectivity index (χ1n) is 9.22. The van der Waals surface area contributed by atoms with Gasteiger partial charge in [-0.05, 0) is 37.3 Å². The largest absolute Gasteiger partial charge is 0.383 e. The lowest BCUT2D eigenvalue weighted by atomic mass is 10.2. The van der Waals surface area contributed by atoms with Crippen LogP contribution in [-0.2, 0) is 16.1 Å². The molecule has 0 aliphatic carbocycles. The molecule has 1 amide bonds. The van der Waals surface area contributed by atoms with Gasteiger partial charge in [0.05, 0.1) is 29.8 Å². The van der Waals surface area contributed by atoms with Crippen LogP contribution in [0.3, 0.4) is 0 Å². The van der Waals surface area contributed by atoms with Crippen LogP contribution in [0.15, 0.2) is 63.0 Å². The van der Waals surface area contributed by atoms with Crippen LogP contribution in [0.2, 0.25) is 0 Å². The Hall–Kier alpha value is -2.16. The quantitative estimate of drug-likeness (QED) is 0.364. The van der Waals surface area contributed by atoms with Crippen molar-refractivity contribution < 1.29 is 9.53 Å². The number of fused-ring (bicyclic) bond motifs is 1. The number of hydrogen-bond donors (Lipinski definition) is 0. The third-order valence-electron chi connectivity index (χ3n) is 4.41. The Bertz CT molecular complexity index is 1060. The molecule has 0 aliphatic rings. The van der Waals surface area contributed by atoms with Gasteiger partial charge in [0, 0.05) is 23.8 Å². The number of para-hydroxylation sites is 1. The summed E-state index contributed by atoms with van der Waals surface area (Å²) >= 11 is 4.67. The second-order valence-electron chi connectivity index (χ2n) is 6.27. The zero-order chi connectivity index (χ0) is 20.8. The third-order valence-corrected chi connectivity index (χ3v) is 5.86. The van der Waals surface area contributed by atoms with Gasteiger partial charge in [0.25, 0.3) is 5.56 Å². The highest BCUT2D eigenvalue weighted by molar-refractivity contribution is 9.10. The van der Waals surface area contributed by atoms with E-state index in [1.165, 1.54) is 11.8 Å². The van der Waals surface area contributed by atoms with E-state index in [0.29, 0.717) is 35.8 Å². The number of aromatic nitrogens is 2. The van der Waals surface area contributed by atoms with E-state index in [-0.39, 0.29) is 17.2 Å². The minimum atomic E-state index is -0.140. The van der Waals surface area contributed by atoms with Crippen LogP contribution in [0.5, 0.6) is 0 Å². The Morgan fingerprint density at radius 1 is 1.24 bits per heavy atom. The summed E-state index contributed by atoms with van der Waals surface area (Å²) in [5, 5.41) is 1.05. The molecule has 1 heterocycles. The van der Waals surface area contributed by atoms with E-state index >= 15 is 0 Å². The Morgan fingerprint density at radius 3 is 2.69 bits per heavy atom. The van der Waals surface area contributed by atoms with Crippen molar-refractivity contribution in [2.24, 2.45) is 0 Å². The maximum absolute atomic E-state index is 13.0. The molecule has 0 saturated heterocycles. The number of amides is 1. The van der Waals surface area contributed by atoms with Gasteiger partial charge >= 0.3 is 0 Å². The summed E-state index contributed by atoms with van der Waals surface area (Å²) in [7, 11) is 1.59. The first-order chi connectivity index (χ1) is 14.0. The Balaban J connectivity index is 1.89. The molecule has 2 aromatic carbocycles. The van der Waals surface area contributed by atoms with Crippen molar-refractivity contribution in [3.8, 4) is 0 Å². The number of rotatable bonds is 8. The van der Waals surface area contributed by atoms with E-state index in [1.807, 2.05) is 43.3 Å². The number of methoxy groups -OCH3 is 1. The molecule has 8 heteroatoms. The standard InChI is InChI=1S/C21H22BrN3O3S/c1-3-24(16-7-5-4-6-8-16)19(26)14-29-21-23-18-10-9-15(22)13-17(18)20(27)25(21)11-12-28-2/h4-10,13H,3,11-12,14H2,1-2H3. The van der Waals surface area contributed by atoms with Crippen LogP contribution in [0.4, 0.5) is 5.69 Å². The average Bonchev–Trinajstić information content (AvgIpc) is 2.73. The van der Waals surface area contributed by atoms with E-state index in [4.69, 9.17) is 4.74 Å². The van der Waals surface area contributed by atoms with E-state index in [0.717, 1.165) is 10.2 Å². The van der Waals surface area contributed by atoms with Crippen LogP contribution in [0.1, 0.15) is 6.92 Å². The maximum atomic E-state index is 13.0. The van der Waals surface area contributed by atoms with Crippen molar-refractivity contribution >= 4 is 50.2 Å². The second-order valence-corrected chi connectivity index (χ2v) is 8.13. The highest BCUT2D eigenvalue weighted by Crippen LogP contribution is 2.22. The zero-order valence-corrected chi connectivity index (χ0v) is 18.7. The first-order valence-corrected chi connectivity index (χ1v) is 11.0. The van der Waals surface area contributed by atoms with Gasteiger partial charge in [0.2, 0.25) is 5.91 Å². The highest BCUT2D eigenvalue weighted by Gasteiger charge is 2.17. The molecular formula is C21H22BrN3O3S. The van der Waals surface area contributed by atoms with Gasteiger partial charge < -0.3 is 9.64 Å². The van der Waals surface area contributed by atoms with Crippen molar-refractivity contribution in [1.29, 1.82) is 0 Å². The molecule has 0 unspecified atom stereocenters. The van der Waals surface area contributed by atoms with Crippen molar-refractivity contribution in [2.45, 2.75) is 18.6 Å². The van der Waals surface area contributed by atoms with Crippen LogP contribution in [0.25, 0.3) is 10.9 Å². The number of hydrogen-bond acceptors (Lipinski definition) is 5. The molecule has 0 saturated carbocycles. The summed E-state index contributed by atoms with van der Waals surface area (Å²) in [6.45, 7) is 3.26. The maximum Gasteiger partial charge on any atom is 0.262 e. The van der Waals surface area contributed by atoms with Crippen molar-refractivity contribution in [1.82, 2.24) is 9.55 Å². The van der Waals surface area contributed by atoms with Crippen LogP contribution in [0, 0.1) is 0 Å². The molecule has 3 aromatic rings. The summed E-state index contributed by atoms with van der Waals surface area (Å²) in [6.07, 6.45) is 0. The third kappa shape index (κ3) is 5.07. The molecule has 6 nitrogen and oxygen atoms in total. The zero-order valence-electron chi connectivity index (χ0n) is 16.3. The Kier molecular flexibility index (Phi) is 7.46. The molecule has 0 spiro atoms. The SMILES string of the molecule is CCN(C(=O)CSc1nc2ccc(Br)cc2c(=O)n1CCOC)c1ccccc1. The molecule has 29 heavy (non-hydrogen) atoms. The number of carbonyl (C=O) groups excluding carboxylic acids is 1. The van der Waals surface area contributed by atoms with E-state index in [9.17, 15) is 9.59 Å². The molecular weight excluding hydrogens is 454 g/mol. The summed E-state index contributed by atoms with van der Waals surface area (Å²) in [5.74, 6) is 0.150. The van der Waals surface area contributed by atoms with Crippen molar-refractivity contribution in [2.75, 3.05) is 30.9 Å². The molecule has 0 aliphatic heterocycles. The highest BCUT2D eigenvalue weighted by atomic mass is 79.9. The van der Waals surface area contributed by atoms with Gasteiger partial charge in [-0.25, -0.2) is 4.98 Å². The molecule has 3 rings (SSSR count). The lowest BCUT2D eigenvalue weighted by Gasteiger charge is -2.21. The summed E-state index contributed by atoms with van der Waals surface area (Å²) in [5.41, 5.74) is 1.32. The molecule has 0 radical (unpaired) electrons. The van der Waals surface area contributed by atoms with Gasteiger partial charge in [-0.1, -0.05) is 45.9 Å². The summed E-state index contributed by atoms with van der Waals surface area (Å²) < 4.78 is 7.55. The number of anilines is 1. The second kappa shape index (κ2) is 10.0. The van der Waals surface area contributed by atoms with Crippen LogP contribution < -0.4 is 10.5 Å². The van der Waals surface area contributed by atoms with E-state index in [2.05, 4.69) is 20.9 Å². The molecule has 0 N–H and O–H groups in total. The smallest absolute Gasteiger partial charge is 0.262 e. The topological polar surface area (TPSA) is 64.4 Å². The predicted molar refractivity (Wildman–Crippen MR) is 121 cm³/mol. The normalized spacial score (nSPS) is 11.0. The number of nitrogens with zero attached hydrogens (tertiary/aromatic N) is 3. The lowest BCUT2D eigenvalue weighted by Crippen LogP contribution is -2.32. The number of thioether (sulfide) groups is 1. The van der Waals surface area contributed by atoms with Gasteiger partial charge in [-0.15, -0.1) is 0 Å². The van der Waals surface area contributed by atoms with Crippen molar-refractivity contribution in [3.05, 3.63) is 63.4 Å². The number of carbonyl (C=O) groups is 1. The molecule has 0 bridgehead atoms. The molecule has 152 valence electrons. The fraction of sp³-hybridized carbons (Fsp3) is 0.286. The van der Waals surface area contributed by atoms with Gasteiger partial charge in [0.1, 0.15) is 0 Å². The fourth-order valence-electron chi connectivity index (χ4n) is 2.98. The monoisotopic (exact) mass is 475 g/mol. The summed E-state index contributed by atoms with van der Waals surface area (Å²) in [6, 6.07) is 15.0. The van der Waals surface area contributed by atoms with Crippen LogP contribution >= 0.6 is 27.7 Å². The van der Waals surface area contributed by atoms with Crippen LogP contribution in [-0.4, -0.2) is 41.5 Å². The fourth-order valence-corrected chi connectivity index (χ4v) is 4.24. The van der Waals surface area contributed by atoms with Gasteiger partial charge in [0.15, 0.2) is 5.16 Å². The van der Waals surface area contributed by atoms with Crippen molar-refractivity contribution in [3.63, 3.8) is 0 Å². The van der Waals surface area contributed by atoms with Gasteiger partial charge in [-0.2, -0.15) is 0 Å². The molecule has 1 aromatic heterocycles. The Labute approximate surface area is 182 Å². The van der Waals surface area contributed by atoms with Gasteiger partial charge in [-0.3, -0.25) is 14.2 Å². The minimum Gasteiger partial charge on any atom is -0.383 e. The average molecular weight is 476 g/mol. The number of ether oxygens (including phenoxy) is 1. The summed E-state index contributed by atoms with van der Waals surface area (Å²) in [4.78, 5) is 32.2. The molecule has 0 atom stereocenters.